The molecule has 98 valence electrons. The highest BCUT2D eigenvalue weighted by molar-refractivity contribution is 5.86. The smallest absolute Gasteiger partial charge is 0.328 e. The molecule has 1 aromatic rings. The van der Waals surface area contributed by atoms with E-state index in [-0.39, 0.29) is 18.2 Å². The highest BCUT2D eigenvalue weighted by atomic mass is 16.4. The van der Waals surface area contributed by atoms with E-state index in [1.165, 1.54) is 13.8 Å². The quantitative estimate of drug-likeness (QED) is 0.840. The van der Waals surface area contributed by atoms with Gasteiger partial charge in [-0.3, -0.25) is 4.79 Å². The first kappa shape index (κ1) is 14.2. The van der Waals surface area contributed by atoms with E-state index in [0.717, 1.165) is 5.56 Å². The van der Waals surface area contributed by atoms with Gasteiger partial charge in [0.05, 0.1) is 0 Å². The van der Waals surface area contributed by atoms with Crippen LogP contribution < -0.4 is 5.32 Å². The summed E-state index contributed by atoms with van der Waals surface area (Å²) in [6.07, 6.45) is 0.278. The maximum Gasteiger partial charge on any atom is 0.328 e. The maximum atomic E-state index is 11.8. The van der Waals surface area contributed by atoms with Crippen LogP contribution in [0.4, 0.5) is 0 Å². The van der Waals surface area contributed by atoms with Crippen molar-refractivity contribution in [2.24, 2.45) is 0 Å². The SMILES string of the molecule is CC(CC(=O)NC(C)(C)C(=O)O)c1ccccc1. The lowest BCUT2D eigenvalue weighted by Gasteiger charge is -2.22. The number of benzene rings is 1. The summed E-state index contributed by atoms with van der Waals surface area (Å²) in [5.41, 5.74) is -0.159. The van der Waals surface area contributed by atoms with Crippen molar-refractivity contribution in [1.82, 2.24) is 5.32 Å². The van der Waals surface area contributed by atoms with Gasteiger partial charge in [0.2, 0.25) is 5.91 Å². The van der Waals surface area contributed by atoms with Gasteiger partial charge >= 0.3 is 5.97 Å². The van der Waals surface area contributed by atoms with E-state index >= 15 is 0 Å². The predicted molar refractivity (Wildman–Crippen MR) is 69.3 cm³/mol. The molecule has 0 saturated heterocycles. The van der Waals surface area contributed by atoms with Crippen molar-refractivity contribution in [2.45, 2.75) is 38.6 Å². The molecule has 1 rings (SSSR count). The monoisotopic (exact) mass is 249 g/mol. The van der Waals surface area contributed by atoms with E-state index in [1.807, 2.05) is 37.3 Å². The van der Waals surface area contributed by atoms with Gasteiger partial charge in [-0.25, -0.2) is 4.79 Å². The Labute approximate surface area is 107 Å². The third-order valence-electron chi connectivity index (χ3n) is 2.85. The lowest BCUT2D eigenvalue weighted by Crippen LogP contribution is -2.49. The number of rotatable bonds is 5. The fourth-order valence-corrected chi connectivity index (χ4v) is 1.63. The van der Waals surface area contributed by atoms with Gasteiger partial charge in [-0.2, -0.15) is 0 Å². The summed E-state index contributed by atoms with van der Waals surface area (Å²) in [7, 11) is 0. The molecule has 0 heterocycles. The number of hydrogen-bond donors (Lipinski definition) is 2. The molecule has 1 aromatic carbocycles. The topological polar surface area (TPSA) is 66.4 Å². The first-order valence-electron chi connectivity index (χ1n) is 5.92. The number of carboxylic acids is 1. The minimum Gasteiger partial charge on any atom is -0.480 e. The van der Waals surface area contributed by atoms with Crippen LogP contribution in [0.15, 0.2) is 30.3 Å². The molecule has 18 heavy (non-hydrogen) atoms. The standard InChI is InChI=1S/C14H19NO3/c1-10(11-7-5-4-6-8-11)9-12(16)15-14(2,3)13(17)18/h4-8,10H,9H2,1-3H3,(H,15,16)(H,17,18). The van der Waals surface area contributed by atoms with Gasteiger partial charge in [-0.15, -0.1) is 0 Å². The van der Waals surface area contributed by atoms with Gasteiger partial charge < -0.3 is 10.4 Å². The summed E-state index contributed by atoms with van der Waals surface area (Å²) in [6.45, 7) is 4.89. The first-order chi connectivity index (χ1) is 8.33. The van der Waals surface area contributed by atoms with E-state index in [1.54, 1.807) is 0 Å². The molecule has 0 aliphatic heterocycles. The van der Waals surface area contributed by atoms with E-state index in [9.17, 15) is 9.59 Å². The van der Waals surface area contributed by atoms with Crippen LogP contribution in [0.5, 0.6) is 0 Å². The normalized spacial score (nSPS) is 12.8. The Balaban J connectivity index is 2.58. The highest BCUT2D eigenvalue weighted by Gasteiger charge is 2.29. The zero-order valence-electron chi connectivity index (χ0n) is 10.9. The van der Waals surface area contributed by atoms with Gasteiger partial charge in [0.1, 0.15) is 5.54 Å². The number of carbonyl (C=O) groups is 2. The third-order valence-corrected chi connectivity index (χ3v) is 2.85. The number of amides is 1. The molecule has 0 radical (unpaired) electrons. The Hall–Kier alpha value is -1.84. The van der Waals surface area contributed by atoms with Crippen LogP contribution in [-0.4, -0.2) is 22.5 Å². The van der Waals surface area contributed by atoms with Gasteiger partial charge in [0.25, 0.3) is 0 Å². The van der Waals surface area contributed by atoms with Gasteiger partial charge in [0.15, 0.2) is 0 Å². The highest BCUT2D eigenvalue weighted by Crippen LogP contribution is 2.18. The van der Waals surface area contributed by atoms with Crippen molar-refractivity contribution in [1.29, 1.82) is 0 Å². The average molecular weight is 249 g/mol. The summed E-state index contributed by atoms with van der Waals surface area (Å²) in [4.78, 5) is 22.7. The summed E-state index contributed by atoms with van der Waals surface area (Å²) < 4.78 is 0. The second-order valence-electron chi connectivity index (χ2n) is 4.99. The van der Waals surface area contributed by atoms with Crippen molar-refractivity contribution in [3.05, 3.63) is 35.9 Å². The molecule has 0 fully saturated rings. The predicted octanol–water partition coefficient (Wildman–Crippen LogP) is 2.16. The van der Waals surface area contributed by atoms with Crippen LogP contribution >= 0.6 is 0 Å². The molecule has 1 unspecified atom stereocenters. The molecule has 0 bridgehead atoms. The Bertz CT molecular complexity index is 426. The van der Waals surface area contributed by atoms with Crippen LogP contribution in [0.2, 0.25) is 0 Å². The fourth-order valence-electron chi connectivity index (χ4n) is 1.63. The summed E-state index contributed by atoms with van der Waals surface area (Å²) in [5.74, 6) is -1.22. The minimum absolute atomic E-state index is 0.0656. The summed E-state index contributed by atoms with van der Waals surface area (Å²) in [5, 5.41) is 11.4. The van der Waals surface area contributed by atoms with Crippen LogP contribution in [0.1, 0.15) is 38.7 Å². The van der Waals surface area contributed by atoms with Crippen molar-refractivity contribution in [2.75, 3.05) is 0 Å². The molecule has 0 saturated carbocycles. The lowest BCUT2D eigenvalue weighted by molar-refractivity contribution is -0.146. The first-order valence-corrected chi connectivity index (χ1v) is 5.92. The molecule has 0 spiro atoms. The second kappa shape index (κ2) is 5.67. The fraction of sp³-hybridized carbons (Fsp3) is 0.429. The molecule has 4 nitrogen and oxygen atoms in total. The van der Waals surface area contributed by atoms with Crippen molar-refractivity contribution in [3.63, 3.8) is 0 Å². The number of carboxylic acid groups (broad SMARTS) is 1. The average Bonchev–Trinajstić information content (AvgIpc) is 2.29. The third kappa shape index (κ3) is 3.87. The molecule has 0 aromatic heterocycles. The molecule has 0 aliphatic rings. The Kier molecular flexibility index (Phi) is 4.48. The van der Waals surface area contributed by atoms with Crippen molar-refractivity contribution < 1.29 is 14.7 Å². The van der Waals surface area contributed by atoms with E-state index in [4.69, 9.17) is 5.11 Å². The minimum atomic E-state index is -1.23. The number of hydrogen-bond acceptors (Lipinski definition) is 2. The second-order valence-corrected chi connectivity index (χ2v) is 4.99. The molecule has 4 heteroatoms. The van der Waals surface area contributed by atoms with Crippen LogP contribution in [0.25, 0.3) is 0 Å². The lowest BCUT2D eigenvalue weighted by atomic mass is 9.96. The van der Waals surface area contributed by atoms with Gasteiger partial charge in [0, 0.05) is 6.42 Å². The molecular weight excluding hydrogens is 230 g/mol. The Morgan fingerprint density at radius 1 is 1.28 bits per heavy atom. The maximum absolute atomic E-state index is 11.8. The molecular formula is C14H19NO3. The van der Waals surface area contributed by atoms with Crippen molar-refractivity contribution >= 4 is 11.9 Å². The van der Waals surface area contributed by atoms with E-state index < -0.39 is 11.5 Å². The van der Waals surface area contributed by atoms with Crippen LogP contribution in [-0.2, 0) is 9.59 Å². The molecule has 0 aliphatic carbocycles. The Morgan fingerprint density at radius 2 is 1.83 bits per heavy atom. The summed E-state index contributed by atoms with van der Waals surface area (Å²) in [6, 6.07) is 9.68. The van der Waals surface area contributed by atoms with Crippen molar-refractivity contribution in [3.8, 4) is 0 Å². The van der Waals surface area contributed by atoms with Crippen LogP contribution in [0.3, 0.4) is 0 Å². The zero-order valence-corrected chi connectivity index (χ0v) is 10.9. The molecule has 1 atom stereocenters. The Morgan fingerprint density at radius 3 is 2.33 bits per heavy atom. The number of nitrogens with one attached hydrogen (secondary N) is 1. The van der Waals surface area contributed by atoms with Crippen LogP contribution in [0, 0.1) is 0 Å². The number of carbonyl (C=O) groups excluding carboxylic acids is 1. The van der Waals surface area contributed by atoms with Gasteiger partial charge in [-0.1, -0.05) is 37.3 Å². The number of aliphatic carboxylic acids is 1. The van der Waals surface area contributed by atoms with E-state index in [2.05, 4.69) is 5.32 Å². The zero-order chi connectivity index (χ0) is 13.8. The molecule has 1 amide bonds. The largest absolute Gasteiger partial charge is 0.480 e. The van der Waals surface area contributed by atoms with E-state index in [0.29, 0.717) is 0 Å². The molecule has 2 N–H and O–H groups in total. The van der Waals surface area contributed by atoms with Gasteiger partial charge in [-0.05, 0) is 25.3 Å². The summed E-state index contributed by atoms with van der Waals surface area (Å²) >= 11 is 0.